The third kappa shape index (κ3) is 3.71. The Balaban J connectivity index is 1.58. The van der Waals surface area contributed by atoms with Gasteiger partial charge in [0.25, 0.3) is 5.91 Å². The lowest BCUT2D eigenvalue weighted by Crippen LogP contribution is -2.34. The Hall–Kier alpha value is -2.46. The fraction of sp³-hybridized carbons (Fsp3) is 0.211. The summed E-state index contributed by atoms with van der Waals surface area (Å²) in [5.41, 5.74) is 1.56. The van der Waals surface area contributed by atoms with Crippen molar-refractivity contribution in [3.8, 4) is 11.5 Å². The molecule has 0 fully saturated rings. The van der Waals surface area contributed by atoms with E-state index < -0.39 is 0 Å². The lowest BCUT2D eigenvalue weighted by Gasteiger charge is -2.22. The second-order valence-electron chi connectivity index (χ2n) is 5.50. The van der Waals surface area contributed by atoms with Crippen LogP contribution in [-0.4, -0.2) is 37.6 Å². The van der Waals surface area contributed by atoms with Crippen molar-refractivity contribution in [2.75, 3.05) is 26.8 Å². The predicted octanol–water partition coefficient (Wildman–Crippen LogP) is 3.65. The maximum Gasteiger partial charge on any atom is 0.253 e. The highest BCUT2D eigenvalue weighted by Crippen LogP contribution is 2.26. The van der Waals surface area contributed by atoms with Gasteiger partial charge >= 0.3 is 0 Å². The summed E-state index contributed by atoms with van der Waals surface area (Å²) in [7, 11) is 1.75. The first-order valence-corrected chi connectivity index (χ1v) is 8.08. The van der Waals surface area contributed by atoms with E-state index in [1.165, 1.54) is 0 Å². The van der Waals surface area contributed by atoms with E-state index in [1.807, 2.05) is 42.5 Å². The monoisotopic (exact) mass is 343 g/mol. The van der Waals surface area contributed by atoms with Crippen molar-refractivity contribution in [2.45, 2.75) is 0 Å². The fourth-order valence-electron chi connectivity index (χ4n) is 2.44. The minimum absolute atomic E-state index is 0.0627. The number of benzene rings is 2. The lowest BCUT2D eigenvalue weighted by molar-refractivity contribution is -0.126. The molecule has 1 aliphatic rings. The largest absolute Gasteiger partial charge is 0.490 e. The number of amides is 1. The molecule has 2 aromatic carbocycles. The van der Waals surface area contributed by atoms with Crippen LogP contribution in [0.3, 0.4) is 0 Å². The van der Waals surface area contributed by atoms with Crippen LogP contribution in [0.25, 0.3) is 6.08 Å². The molecule has 124 valence electrons. The van der Waals surface area contributed by atoms with Crippen LogP contribution in [0.4, 0.5) is 0 Å². The van der Waals surface area contributed by atoms with Gasteiger partial charge in [0.05, 0.1) is 17.1 Å². The molecule has 5 heteroatoms. The highest BCUT2D eigenvalue weighted by molar-refractivity contribution is 6.32. The fourth-order valence-corrected chi connectivity index (χ4v) is 2.63. The molecule has 0 saturated heterocycles. The molecule has 0 spiro atoms. The molecule has 2 aromatic rings. The SMILES string of the molecule is CN(CCOc1ccccc1Cl)C(=O)C1=Cc2ccccc2OC1. The van der Waals surface area contributed by atoms with Crippen molar-refractivity contribution in [2.24, 2.45) is 0 Å². The Bertz CT molecular complexity index is 773. The van der Waals surface area contributed by atoms with E-state index in [0.717, 1.165) is 11.3 Å². The molecule has 0 saturated carbocycles. The molecule has 0 N–H and O–H groups in total. The molecule has 1 aliphatic heterocycles. The van der Waals surface area contributed by atoms with Gasteiger partial charge in [-0.3, -0.25) is 4.79 Å². The maximum absolute atomic E-state index is 12.5. The number of carbonyl (C=O) groups excluding carboxylic acids is 1. The van der Waals surface area contributed by atoms with Crippen molar-refractivity contribution in [1.29, 1.82) is 0 Å². The summed E-state index contributed by atoms with van der Waals surface area (Å²) in [6, 6.07) is 14.9. The zero-order valence-corrected chi connectivity index (χ0v) is 14.1. The number of nitrogens with zero attached hydrogens (tertiary/aromatic N) is 1. The van der Waals surface area contributed by atoms with Crippen LogP contribution in [0.5, 0.6) is 11.5 Å². The Morgan fingerprint density at radius 3 is 2.79 bits per heavy atom. The van der Waals surface area contributed by atoms with Crippen LogP contribution in [0, 0.1) is 0 Å². The van der Waals surface area contributed by atoms with E-state index in [1.54, 1.807) is 24.1 Å². The zero-order valence-electron chi connectivity index (χ0n) is 13.4. The van der Waals surface area contributed by atoms with Gasteiger partial charge in [-0.25, -0.2) is 0 Å². The summed E-state index contributed by atoms with van der Waals surface area (Å²) in [6.45, 7) is 1.12. The molecular weight excluding hydrogens is 326 g/mol. The summed E-state index contributed by atoms with van der Waals surface area (Å²) < 4.78 is 11.3. The number of ether oxygens (including phenoxy) is 2. The first-order chi connectivity index (χ1) is 11.6. The molecule has 0 atom stereocenters. The third-order valence-corrected chi connectivity index (χ3v) is 4.09. The van der Waals surface area contributed by atoms with E-state index in [0.29, 0.717) is 29.5 Å². The van der Waals surface area contributed by atoms with E-state index in [2.05, 4.69) is 0 Å². The van der Waals surface area contributed by atoms with Crippen LogP contribution < -0.4 is 9.47 Å². The molecule has 0 aliphatic carbocycles. The minimum Gasteiger partial charge on any atom is -0.490 e. The van der Waals surface area contributed by atoms with Gasteiger partial charge in [0.1, 0.15) is 24.7 Å². The average Bonchev–Trinajstić information content (AvgIpc) is 2.62. The highest BCUT2D eigenvalue weighted by atomic mass is 35.5. The summed E-state index contributed by atoms with van der Waals surface area (Å²) in [5, 5.41) is 0.562. The van der Waals surface area contributed by atoms with Crippen LogP contribution in [0.1, 0.15) is 5.56 Å². The number of halogens is 1. The van der Waals surface area contributed by atoms with E-state index in [9.17, 15) is 4.79 Å². The van der Waals surface area contributed by atoms with Gasteiger partial charge in [-0.15, -0.1) is 0 Å². The second kappa shape index (κ2) is 7.41. The molecular formula is C19H18ClNO3. The van der Waals surface area contributed by atoms with Crippen LogP contribution in [0.2, 0.25) is 5.02 Å². The van der Waals surface area contributed by atoms with Gasteiger partial charge in [0.15, 0.2) is 0 Å². The summed E-state index contributed by atoms with van der Waals surface area (Å²) in [6.07, 6.45) is 1.88. The van der Waals surface area contributed by atoms with Crippen molar-refractivity contribution in [3.05, 3.63) is 64.7 Å². The maximum atomic E-state index is 12.5. The van der Waals surface area contributed by atoms with Crippen molar-refractivity contribution < 1.29 is 14.3 Å². The number of likely N-dealkylation sites (N-methyl/N-ethyl adjacent to an activating group) is 1. The summed E-state index contributed by atoms with van der Waals surface area (Å²) in [4.78, 5) is 14.1. The predicted molar refractivity (Wildman–Crippen MR) is 94.5 cm³/mol. The van der Waals surface area contributed by atoms with Gasteiger partial charge in [-0.1, -0.05) is 41.9 Å². The number of fused-ring (bicyclic) bond motifs is 1. The molecule has 0 aromatic heterocycles. The number of carbonyl (C=O) groups is 1. The summed E-state index contributed by atoms with van der Waals surface area (Å²) >= 11 is 6.04. The van der Waals surface area contributed by atoms with E-state index >= 15 is 0 Å². The molecule has 0 radical (unpaired) electrons. The number of hydrogen-bond acceptors (Lipinski definition) is 3. The quantitative estimate of drug-likeness (QED) is 0.831. The average molecular weight is 344 g/mol. The lowest BCUT2D eigenvalue weighted by atomic mass is 10.1. The Morgan fingerprint density at radius 1 is 1.21 bits per heavy atom. The van der Waals surface area contributed by atoms with Gasteiger partial charge in [-0.05, 0) is 24.3 Å². The van der Waals surface area contributed by atoms with Crippen molar-refractivity contribution in [3.63, 3.8) is 0 Å². The first kappa shape index (κ1) is 16.4. The Morgan fingerprint density at radius 2 is 1.96 bits per heavy atom. The van der Waals surface area contributed by atoms with Gasteiger partial charge < -0.3 is 14.4 Å². The van der Waals surface area contributed by atoms with Crippen LogP contribution in [-0.2, 0) is 4.79 Å². The highest BCUT2D eigenvalue weighted by Gasteiger charge is 2.20. The van der Waals surface area contributed by atoms with Gasteiger partial charge in [0, 0.05) is 12.6 Å². The molecule has 0 bridgehead atoms. The van der Waals surface area contributed by atoms with Crippen molar-refractivity contribution in [1.82, 2.24) is 4.90 Å². The summed E-state index contributed by atoms with van der Waals surface area (Å²) in [5.74, 6) is 1.36. The van der Waals surface area contributed by atoms with E-state index in [-0.39, 0.29) is 12.5 Å². The van der Waals surface area contributed by atoms with Crippen molar-refractivity contribution >= 4 is 23.6 Å². The smallest absolute Gasteiger partial charge is 0.253 e. The molecule has 4 nitrogen and oxygen atoms in total. The molecule has 3 rings (SSSR count). The molecule has 0 unspecified atom stereocenters. The topological polar surface area (TPSA) is 38.8 Å². The Labute approximate surface area is 146 Å². The van der Waals surface area contributed by atoms with Crippen LogP contribution in [0.15, 0.2) is 54.1 Å². The molecule has 1 heterocycles. The van der Waals surface area contributed by atoms with Gasteiger partial charge in [-0.2, -0.15) is 0 Å². The Kier molecular flexibility index (Phi) is 5.06. The minimum atomic E-state index is -0.0627. The van der Waals surface area contributed by atoms with Gasteiger partial charge in [0.2, 0.25) is 0 Å². The molecule has 24 heavy (non-hydrogen) atoms. The third-order valence-electron chi connectivity index (χ3n) is 3.77. The second-order valence-corrected chi connectivity index (χ2v) is 5.91. The number of rotatable bonds is 5. The normalized spacial score (nSPS) is 12.7. The number of hydrogen-bond donors (Lipinski definition) is 0. The standard InChI is InChI=1S/C19H18ClNO3/c1-21(10-11-23-18-9-5-3-7-16(18)20)19(22)15-12-14-6-2-4-8-17(14)24-13-15/h2-9,12H,10-11,13H2,1H3. The van der Waals surface area contributed by atoms with E-state index in [4.69, 9.17) is 21.1 Å². The molecule has 1 amide bonds. The zero-order chi connectivity index (χ0) is 16.9. The first-order valence-electron chi connectivity index (χ1n) is 7.70. The number of para-hydroxylation sites is 2. The van der Waals surface area contributed by atoms with Crippen LogP contribution >= 0.6 is 11.6 Å².